The van der Waals surface area contributed by atoms with Gasteiger partial charge in [0, 0.05) is 24.8 Å². The molecule has 5 heteroatoms. The average Bonchev–Trinajstić information content (AvgIpc) is 2.74. The number of likely N-dealkylation sites (tertiary alicyclic amines) is 1. The number of nitrogens with zero attached hydrogens (tertiary/aromatic N) is 1. The molecule has 1 heterocycles. The molecule has 1 aromatic rings. The third-order valence-electron chi connectivity index (χ3n) is 2.47. The van der Waals surface area contributed by atoms with Crippen LogP contribution in [0.25, 0.3) is 0 Å². The van der Waals surface area contributed by atoms with Crippen molar-refractivity contribution in [2.45, 2.75) is 32.3 Å². The number of hydrogen-bond acceptors (Lipinski definition) is 3. The zero-order chi connectivity index (χ0) is 21.8. The van der Waals surface area contributed by atoms with E-state index < -0.39 is 73.3 Å². The van der Waals surface area contributed by atoms with E-state index in [0.717, 1.165) is 6.92 Å². The number of hydrogen-bond donors (Lipinski definition) is 1. The van der Waals surface area contributed by atoms with Crippen molar-refractivity contribution in [3.8, 4) is 0 Å². The maximum atomic E-state index is 12.3. The lowest BCUT2D eigenvalue weighted by molar-refractivity contribution is -0.146. The number of amides is 3. The van der Waals surface area contributed by atoms with E-state index >= 15 is 0 Å². The lowest BCUT2D eigenvalue weighted by Crippen LogP contribution is -2.47. The van der Waals surface area contributed by atoms with Gasteiger partial charge < -0.3 is 5.32 Å². The highest BCUT2D eigenvalue weighted by Crippen LogP contribution is 2.15. The van der Waals surface area contributed by atoms with Gasteiger partial charge in [-0.2, -0.15) is 0 Å². The monoisotopic (exact) mass is 269 g/mol. The quantitative estimate of drug-likeness (QED) is 0.824. The van der Waals surface area contributed by atoms with Crippen LogP contribution >= 0.6 is 0 Å². The van der Waals surface area contributed by atoms with E-state index in [1.807, 2.05) is 0 Å². The van der Waals surface area contributed by atoms with Crippen LogP contribution in [0, 0.1) is 0 Å². The molecular formula is C14H16N2O3. The summed E-state index contributed by atoms with van der Waals surface area (Å²) in [5.41, 5.74) is -0.212. The Morgan fingerprint density at radius 1 is 1.37 bits per heavy atom. The van der Waals surface area contributed by atoms with Crippen molar-refractivity contribution in [3.63, 3.8) is 0 Å². The molecule has 0 aliphatic carbocycles. The lowest BCUT2D eigenvalue weighted by Gasteiger charge is -2.21. The van der Waals surface area contributed by atoms with Crippen molar-refractivity contribution in [1.29, 1.82) is 0 Å². The lowest BCUT2D eigenvalue weighted by atomic mass is 10.2. The zero-order valence-electron chi connectivity index (χ0n) is 19.0. The van der Waals surface area contributed by atoms with Gasteiger partial charge in [-0.3, -0.25) is 19.3 Å². The fraction of sp³-hybridized carbons (Fsp3) is 0.357. The molecule has 0 spiro atoms. The van der Waals surface area contributed by atoms with Gasteiger partial charge in [-0.15, -0.1) is 0 Å². The second-order valence-electron chi connectivity index (χ2n) is 3.73. The van der Waals surface area contributed by atoms with Crippen molar-refractivity contribution < 1.29 is 26.7 Å². The summed E-state index contributed by atoms with van der Waals surface area (Å²) in [5, 5.41) is 2.23. The predicted molar refractivity (Wildman–Crippen MR) is 68.8 cm³/mol. The molecule has 0 radical (unpaired) electrons. The first kappa shape index (κ1) is 5.86. The van der Waals surface area contributed by atoms with Crippen LogP contribution in [0.1, 0.15) is 37.6 Å². The Balaban J connectivity index is 2.24. The van der Waals surface area contributed by atoms with Crippen molar-refractivity contribution in [3.05, 3.63) is 35.8 Å². The van der Waals surface area contributed by atoms with Gasteiger partial charge in [0.15, 0.2) is 0 Å². The molecule has 2 rings (SSSR count). The Morgan fingerprint density at radius 3 is 2.53 bits per heavy atom. The first-order valence-electron chi connectivity index (χ1n) is 9.89. The summed E-state index contributed by atoms with van der Waals surface area (Å²) in [6, 6.07) is -4.41. The summed E-state index contributed by atoms with van der Waals surface area (Å²) in [6.45, 7) is 0.583. The smallest absolute Gasteiger partial charge is 0.243 e. The third kappa shape index (κ3) is 2.99. The van der Waals surface area contributed by atoms with Crippen LogP contribution in [0.5, 0.6) is 0 Å². The predicted octanol–water partition coefficient (Wildman–Crippen LogP) is 0.840. The molecule has 1 aliphatic rings. The van der Waals surface area contributed by atoms with Gasteiger partial charge in [0.25, 0.3) is 0 Å². The van der Waals surface area contributed by atoms with Crippen molar-refractivity contribution in [2.75, 3.05) is 0 Å². The van der Waals surface area contributed by atoms with E-state index in [0.29, 0.717) is 0 Å². The number of benzene rings is 1. The van der Waals surface area contributed by atoms with Crippen LogP contribution in [-0.2, 0) is 20.9 Å². The van der Waals surface area contributed by atoms with E-state index in [1.54, 1.807) is 0 Å². The maximum Gasteiger partial charge on any atom is 0.243 e. The Labute approximate surface area is 124 Å². The fourth-order valence-electron chi connectivity index (χ4n) is 1.48. The van der Waals surface area contributed by atoms with Gasteiger partial charge in [-0.25, -0.2) is 0 Å². The molecular weight excluding hydrogens is 244 g/mol. The van der Waals surface area contributed by atoms with Gasteiger partial charge in [0.2, 0.25) is 17.7 Å². The molecule has 3 amide bonds. The number of carbonyl (C=O) groups is 3. The van der Waals surface area contributed by atoms with Gasteiger partial charge in [0.05, 0.1) is 6.85 Å². The van der Waals surface area contributed by atoms with Crippen LogP contribution < -0.4 is 5.32 Å². The second kappa shape index (κ2) is 5.65. The van der Waals surface area contributed by atoms with Crippen LogP contribution in [0.4, 0.5) is 0 Å². The maximum absolute atomic E-state index is 12.3. The molecule has 5 nitrogen and oxygen atoms in total. The molecule has 1 atom stereocenters. The van der Waals surface area contributed by atoms with Crippen molar-refractivity contribution >= 4 is 17.7 Å². The van der Waals surface area contributed by atoms with Gasteiger partial charge in [0.1, 0.15) is 6.04 Å². The number of imide groups is 1. The van der Waals surface area contributed by atoms with E-state index in [1.165, 1.54) is 0 Å². The summed E-state index contributed by atoms with van der Waals surface area (Å²) in [4.78, 5) is 36.7. The van der Waals surface area contributed by atoms with E-state index in [-0.39, 0.29) is 10.5 Å². The average molecular weight is 269 g/mol. The zero-order valence-corrected chi connectivity index (χ0v) is 9.96. The Kier molecular flexibility index (Phi) is 1.74. The van der Waals surface area contributed by atoms with Crippen LogP contribution in [0.2, 0.25) is 0 Å². The minimum absolute atomic E-state index is 0.192. The minimum Gasteiger partial charge on any atom is -0.350 e. The Morgan fingerprint density at radius 2 is 1.95 bits per heavy atom. The Hall–Kier alpha value is -2.17. The molecule has 0 saturated carbocycles. The molecule has 100 valence electrons. The van der Waals surface area contributed by atoms with E-state index in [2.05, 4.69) is 5.32 Å². The summed E-state index contributed by atoms with van der Waals surface area (Å²) in [7, 11) is 0. The normalized spacial score (nSPS) is 28.7. The van der Waals surface area contributed by atoms with Crippen LogP contribution in [-0.4, -0.2) is 28.7 Å². The number of carbonyl (C=O) groups excluding carboxylic acids is 3. The van der Waals surface area contributed by atoms with Gasteiger partial charge >= 0.3 is 0 Å². The first-order chi connectivity index (χ1) is 12.7. The molecule has 0 unspecified atom stereocenters. The number of rotatable bonds is 4. The van der Waals surface area contributed by atoms with Gasteiger partial charge in [-0.1, -0.05) is 30.2 Å². The van der Waals surface area contributed by atoms with Crippen LogP contribution in [0.15, 0.2) is 30.2 Å². The largest absolute Gasteiger partial charge is 0.350 e. The fourth-order valence-corrected chi connectivity index (χ4v) is 1.48. The summed E-state index contributed by atoms with van der Waals surface area (Å²) in [6.07, 6.45) is -6.27. The van der Waals surface area contributed by atoms with Crippen molar-refractivity contribution in [2.24, 2.45) is 0 Å². The highest BCUT2D eigenvalue weighted by molar-refractivity contribution is 6.05. The van der Waals surface area contributed by atoms with Crippen molar-refractivity contribution in [1.82, 2.24) is 10.2 Å². The van der Waals surface area contributed by atoms with Gasteiger partial charge in [-0.05, 0) is 12.5 Å². The molecule has 1 saturated heterocycles. The highest BCUT2D eigenvalue weighted by Gasteiger charge is 2.35. The molecule has 1 N–H and O–H groups in total. The minimum atomic E-state index is -3.13. The third-order valence-corrected chi connectivity index (χ3v) is 2.47. The first-order valence-corrected chi connectivity index (χ1v) is 5.39. The summed E-state index contributed by atoms with van der Waals surface area (Å²) < 4.78 is 68.2. The number of nitrogens with one attached hydrogen (secondary N) is 1. The highest BCUT2D eigenvalue weighted by atomic mass is 16.2. The van der Waals surface area contributed by atoms with Crippen LogP contribution in [0.3, 0.4) is 0 Å². The Bertz CT molecular complexity index is 832. The second-order valence-corrected chi connectivity index (χ2v) is 3.73. The van der Waals surface area contributed by atoms with E-state index in [9.17, 15) is 14.4 Å². The SMILES string of the molecule is [2H]c1c([2H])c([2H])c(CNC(=O)[C@@H](C)N2C(=O)C([2H])([2H])C([2H])([2H])C2=O)c([2H])c1[2H]. The molecule has 1 aromatic carbocycles. The molecule has 0 bridgehead atoms. The topological polar surface area (TPSA) is 66.5 Å². The molecule has 1 fully saturated rings. The molecule has 1 aliphatic heterocycles. The van der Waals surface area contributed by atoms with E-state index in [4.69, 9.17) is 12.3 Å². The molecule has 19 heavy (non-hydrogen) atoms. The summed E-state index contributed by atoms with van der Waals surface area (Å²) >= 11 is 0. The summed E-state index contributed by atoms with van der Waals surface area (Å²) in [5.74, 6) is -3.97. The molecule has 0 aromatic heterocycles. The standard InChI is InChI=1S/C14H16N2O3/c1-10(16-12(17)7-8-13(16)18)14(19)15-9-11-5-3-2-4-6-11/h2-6,10H,7-9H2,1H3,(H,15,19)/t10-/m1/s1/i2D,3D,4D,5D,6D,7D2,8D2.